The Balaban J connectivity index is 1.77. The number of fused-ring (bicyclic) bond motifs is 2. The van der Waals surface area contributed by atoms with Gasteiger partial charge < -0.3 is 49.6 Å². The Kier molecular flexibility index (Phi) is 4.67. The molecule has 0 aliphatic carbocycles. The molecular weight excluding hydrogens is 304 g/mol. The van der Waals surface area contributed by atoms with E-state index in [0.717, 1.165) is 0 Å². The van der Waals surface area contributed by atoms with Gasteiger partial charge in [-0.3, -0.25) is 0 Å². The Morgan fingerprint density at radius 3 is 1.23 bits per heavy atom. The first-order valence-corrected chi connectivity index (χ1v) is 7.03. The molecule has 0 aromatic carbocycles. The topological polar surface area (TPSA) is 158 Å². The molecule has 3 aliphatic heterocycles. The van der Waals surface area contributed by atoms with Crippen molar-refractivity contribution >= 4 is 0 Å². The second-order valence-electron chi connectivity index (χ2n) is 5.61. The van der Waals surface area contributed by atoms with Gasteiger partial charge in [0, 0.05) is 0 Å². The van der Waals surface area contributed by atoms with Crippen molar-refractivity contribution in [2.24, 2.45) is 0 Å². The summed E-state index contributed by atoms with van der Waals surface area (Å²) in [5, 5.41) is 58.0. The highest BCUT2D eigenvalue weighted by molar-refractivity contribution is 4.97. The highest BCUT2D eigenvalue weighted by Gasteiger charge is 2.56. The van der Waals surface area contributed by atoms with Crippen molar-refractivity contribution in [3.8, 4) is 0 Å². The van der Waals surface area contributed by atoms with Crippen LogP contribution in [0.1, 0.15) is 0 Å². The van der Waals surface area contributed by atoms with E-state index >= 15 is 0 Å². The van der Waals surface area contributed by atoms with Crippen molar-refractivity contribution < 1.29 is 49.6 Å². The van der Waals surface area contributed by atoms with Gasteiger partial charge in [0.2, 0.25) is 0 Å². The molecular formula is C12H20O10. The number of rotatable bonds is 2. The second kappa shape index (κ2) is 6.24. The monoisotopic (exact) mass is 324 g/mol. The Bertz CT molecular complexity index is 358. The van der Waals surface area contributed by atoms with Gasteiger partial charge in [-0.2, -0.15) is 0 Å². The lowest BCUT2D eigenvalue weighted by Crippen LogP contribution is -2.70. The molecule has 0 radical (unpaired) electrons. The molecule has 0 saturated carbocycles. The third-order valence-corrected chi connectivity index (χ3v) is 4.23. The maximum Gasteiger partial charge on any atom is 0.187 e. The number of aliphatic hydroxyl groups excluding tert-OH is 6. The predicted octanol–water partition coefficient (Wildman–Crippen LogP) is -4.35. The summed E-state index contributed by atoms with van der Waals surface area (Å²) in [4.78, 5) is 0. The minimum absolute atomic E-state index is 0.535. The Morgan fingerprint density at radius 2 is 0.909 bits per heavy atom. The van der Waals surface area contributed by atoms with Crippen molar-refractivity contribution in [1.82, 2.24) is 0 Å². The van der Waals surface area contributed by atoms with Crippen LogP contribution in [-0.4, -0.2) is 105 Å². The molecule has 3 saturated heterocycles. The standard InChI is InChI=1S/C12H20O10/c13-1-3-5(15)7(17)9-11(19-3)21-10-8(18)6(16)4(2-14)20-12(10)22-9/h3-18H,1-2H2/t3-,4-,5-,6-,7+,8+,9-,10-,11-,12-/m1/s1. The molecule has 10 nitrogen and oxygen atoms in total. The SMILES string of the molecule is OC[C@H]1O[C@@H]2O[C@H]3[C@@H](O[C@@H]2[C@@H](O)[C@@H]1O)O[C@H](CO)[C@@H](O)[C@@H]3O. The molecule has 3 heterocycles. The first kappa shape index (κ1) is 16.5. The fourth-order valence-electron chi connectivity index (χ4n) is 2.93. The lowest BCUT2D eigenvalue weighted by Gasteiger charge is -2.52. The van der Waals surface area contributed by atoms with E-state index in [4.69, 9.17) is 29.2 Å². The molecule has 6 N–H and O–H groups in total. The molecule has 0 aromatic rings. The highest BCUT2D eigenvalue weighted by Crippen LogP contribution is 2.36. The summed E-state index contributed by atoms with van der Waals surface area (Å²) in [6.07, 6.45) is -12.1. The van der Waals surface area contributed by atoms with Gasteiger partial charge in [0.25, 0.3) is 0 Å². The van der Waals surface area contributed by atoms with Gasteiger partial charge in [0.1, 0.15) is 48.8 Å². The summed E-state index contributed by atoms with van der Waals surface area (Å²) in [5.74, 6) is 0. The van der Waals surface area contributed by atoms with E-state index in [9.17, 15) is 20.4 Å². The van der Waals surface area contributed by atoms with E-state index in [-0.39, 0.29) is 0 Å². The summed E-state index contributed by atoms with van der Waals surface area (Å²) >= 11 is 0. The Hall–Kier alpha value is -0.400. The molecule has 0 aromatic heterocycles. The first-order valence-electron chi connectivity index (χ1n) is 7.03. The van der Waals surface area contributed by atoms with E-state index in [0.29, 0.717) is 0 Å². The molecule has 10 atom stereocenters. The first-order chi connectivity index (χ1) is 10.5. The summed E-state index contributed by atoms with van der Waals surface area (Å²) in [6, 6.07) is 0. The molecule has 22 heavy (non-hydrogen) atoms. The van der Waals surface area contributed by atoms with Gasteiger partial charge in [-0.1, -0.05) is 0 Å². The van der Waals surface area contributed by atoms with Crippen LogP contribution in [0.15, 0.2) is 0 Å². The average Bonchev–Trinajstić information content (AvgIpc) is 2.53. The van der Waals surface area contributed by atoms with Gasteiger partial charge >= 0.3 is 0 Å². The lowest BCUT2D eigenvalue weighted by molar-refractivity contribution is -0.430. The molecule has 10 heteroatoms. The van der Waals surface area contributed by atoms with Crippen LogP contribution in [0, 0.1) is 0 Å². The van der Waals surface area contributed by atoms with E-state index in [2.05, 4.69) is 0 Å². The third-order valence-electron chi connectivity index (χ3n) is 4.23. The lowest BCUT2D eigenvalue weighted by atomic mass is 9.95. The fraction of sp³-hybridized carbons (Fsp3) is 1.00. The van der Waals surface area contributed by atoms with Crippen LogP contribution in [0.3, 0.4) is 0 Å². The summed E-state index contributed by atoms with van der Waals surface area (Å²) in [7, 11) is 0. The number of hydrogen-bond acceptors (Lipinski definition) is 10. The summed E-state index contributed by atoms with van der Waals surface area (Å²) < 4.78 is 21.6. The maximum atomic E-state index is 10.0. The van der Waals surface area contributed by atoms with E-state index in [1.54, 1.807) is 0 Å². The van der Waals surface area contributed by atoms with Crippen LogP contribution in [0.2, 0.25) is 0 Å². The van der Waals surface area contributed by atoms with Crippen molar-refractivity contribution in [3.63, 3.8) is 0 Å². The Labute approximate surface area is 125 Å². The van der Waals surface area contributed by atoms with Gasteiger partial charge in [0.05, 0.1) is 13.2 Å². The van der Waals surface area contributed by atoms with Crippen molar-refractivity contribution in [2.45, 2.75) is 61.4 Å². The van der Waals surface area contributed by atoms with Crippen molar-refractivity contribution in [1.29, 1.82) is 0 Å². The van der Waals surface area contributed by atoms with E-state index in [1.165, 1.54) is 0 Å². The largest absolute Gasteiger partial charge is 0.394 e. The number of ether oxygens (including phenoxy) is 4. The number of aliphatic hydroxyl groups is 6. The zero-order chi connectivity index (χ0) is 16.0. The van der Waals surface area contributed by atoms with Gasteiger partial charge in [-0.25, -0.2) is 0 Å². The second-order valence-corrected chi connectivity index (χ2v) is 5.61. The van der Waals surface area contributed by atoms with Gasteiger partial charge in [-0.05, 0) is 0 Å². The van der Waals surface area contributed by atoms with E-state index < -0.39 is 74.6 Å². The molecule has 128 valence electrons. The van der Waals surface area contributed by atoms with Crippen molar-refractivity contribution in [3.05, 3.63) is 0 Å². The van der Waals surface area contributed by atoms with Crippen LogP contribution in [0.4, 0.5) is 0 Å². The molecule has 0 amide bonds. The normalized spacial score (nSPS) is 55.4. The quantitative estimate of drug-likeness (QED) is 0.293. The molecule has 0 unspecified atom stereocenters. The Morgan fingerprint density at radius 1 is 0.545 bits per heavy atom. The van der Waals surface area contributed by atoms with Crippen molar-refractivity contribution in [2.75, 3.05) is 13.2 Å². The molecule has 3 rings (SSSR count). The van der Waals surface area contributed by atoms with Gasteiger partial charge in [0.15, 0.2) is 12.6 Å². The molecule has 3 fully saturated rings. The number of hydrogen-bond donors (Lipinski definition) is 6. The highest BCUT2D eigenvalue weighted by atomic mass is 16.8. The molecule has 3 aliphatic rings. The summed E-state index contributed by atoms with van der Waals surface area (Å²) in [5.41, 5.74) is 0. The zero-order valence-corrected chi connectivity index (χ0v) is 11.5. The van der Waals surface area contributed by atoms with Crippen LogP contribution in [0.25, 0.3) is 0 Å². The van der Waals surface area contributed by atoms with E-state index in [1.807, 2.05) is 0 Å². The average molecular weight is 324 g/mol. The molecule has 0 bridgehead atoms. The van der Waals surface area contributed by atoms with Crippen LogP contribution in [0.5, 0.6) is 0 Å². The van der Waals surface area contributed by atoms with Crippen LogP contribution in [-0.2, 0) is 18.9 Å². The maximum absolute atomic E-state index is 10.0. The minimum atomic E-state index is -1.39. The smallest absolute Gasteiger partial charge is 0.187 e. The minimum Gasteiger partial charge on any atom is -0.394 e. The zero-order valence-electron chi connectivity index (χ0n) is 11.5. The third kappa shape index (κ3) is 2.55. The molecule has 0 spiro atoms. The van der Waals surface area contributed by atoms with Gasteiger partial charge in [-0.15, -0.1) is 0 Å². The summed E-state index contributed by atoms with van der Waals surface area (Å²) in [6.45, 7) is -1.07. The predicted molar refractivity (Wildman–Crippen MR) is 65.3 cm³/mol. The fourth-order valence-corrected chi connectivity index (χ4v) is 2.93. The van der Waals surface area contributed by atoms with Crippen LogP contribution >= 0.6 is 0 Å². The van der Waals surface area contributed by atoms with Crippen LogP contribution < -0.4 is 0 Å².